The third kappa shape index (κ3) is 1.33. The Morgan fingerprint density at radius 1 is 1.38 bits per heavy atom. The Morgan fingerprint density at radius 2 is 2.23 bits per heavy atom. The minimum atomic E-state index is 0.500. The highest BCUT2D eigenvalue weighted by Gasteiger charge is 1.99. The maximum Gasteiger partial charge on any atom is 0.153 e. The van der Waals surface area contributed by atoms with Gasteiger partial charge in [0.2, 0.25) is 0 Å². The second-order valence-corrected chi connectivity index (χ2v) is 3.00. The Balaban J connectivity index is 2.72. The van der Waals surface area contributed by atoms with Crippen LogP contribution in [0.2, 0.25) is 0 Å². The van der Waals surface area contributed by atoms with E-state index in [9.17, 15) is 0 Å². The van der Waals surface area contributed by atoms with Crippen LogP contribution in [0.4, 0.5) is 5.82 Å². The number of anilines is 1. The van der Waals surface area contributed by atoms with Gasteiger partial charge in [-0.1, -0.05) is 19.1 Å². The van der Waals surface area contributed by atoms with Gasteiger partial charge in [-0.2, -0.15) is 5.10 Å². The van der Waals surface area contributed by atoms with Gasteiger partial charge in [0.05, 0.1) is 6.20 Å². The highest BCUT2D eigenvalue weighted by molar-refractivity contribution is 5.90. The minimum Gasteiger partial charge on any atom is -0.382 e. The molecule has 0 unspecified atom stereocenters. The Kier molecular flexibility index (Phi) is 1.85. The van der Waals surface area contributed by atoms with E-state index >= 15 is 0 Å². The van der Waals surface area contributed by atoms with Crippen molar-refractivity contribution >= 4 is 16.6 Å². The molecular formula is C10H11N3. The predicted molar refractivity (Wildman–Crippen MR) is 53.3 cm³/mol. The number of benzene rings is 1. The predicted octanol–water partition coefficient (Wildman–Crippen LogP) is 1.77. The molecule has 2 N–H and O–H groups in total. The molecule has 0 atom stereocenters. The first-order valence-electron chi connectivity index (χ1n) is 4.31. The van der Waals surface area contributed by atoms with Crippen molar-refractivity contribution in [2.75, 3.05) is 5.73 Å². The van der Waals surface area contributed by atoms with Crippen LogP contribution in [-0.4, -0.2) is 10.2 Å². The van der Waals surface area contributed by atoms with Crippen molar-refractivity contribution in [3.05, 3.63) is 30.0 Å². The third-order valence-electron chi connectivity index (χ3n) is 2.16. The molecule has 3 heteroatoms. The van der Waals surface area contributed by atoms with Gasteiger partial charge in [0.15, 0.2) is 5.82 Å². The van der Waals surface area contributed by atoms with Gasteiger partial charge in [-0.15, -0.1) is 5.10 Å². The van der Waals surface area contributed by atoms with Crippen LogP contribution in [0, 0.1) is 0 Å². The smallest absolute Gasteiger partial charge is 0.153 e. The van der Waals surface area contributed by atoms with Crippen LogP contribution in [0.15, 0.2) is 24.4 Å². The highest BCUT2D eigenvalue weighted by Crippen LogP contribution is 2.18. The van der Waals surface area contributed by atoms with Gasteiger partial charge < -0.3 is 5.73 Å². The number of nitrogens with zero attached hydrogens (tertiary/aromatic N) is 2. The van der Waals surface area contributed by atoms with E-state index in [0.29, 0.717) is 5.82 Å². The summed E-state index contributed by atoms with van der Waals surface area (Å²) >= 11 is 0. The van der Waals surface area contributed by atoms with Crippen molar-refractivity contribution in [3.63, 3.8) is 0 Å². The maximum atomic E-state index is 5.67. The minimum absolute atomic E-state index is 0.500. The lowest BCUT2D eigenvalue weighted by atomic mass is 10.1. The van der Waals surface area contributed by atoms with Crippen LogP contribution in [0.25, 0.3) is 10.8 Å². The molecule has 0 amide bonds. The first-order valence-corrected chi connectivity index (χ1v) is 4.31. The number of nitrogens with two attached hydrogens (primary N) is 1. The van der Waals surface area contributed by atoms with Crippen molar-refractivity contribution in [2.24, 2.45) is 0 Å². The molecule has 1 aromatic heterocycles. The third-order valence-corrected chi connectivity index (χ3v) is 2.16. The van der Waals surface area contributed by atoms with Crippen molar-refractivity contribution in [3.8, 4) is 0 Å². The van der Waals surface area contributed by atoms with Crippen LogP contribution < -0.4 is 5.73 Å². The summed E-state index contributed by atoms with van der Waals surface area (Å²) in [4.78, 5) is 0. The lowest BCUT2D eigenvalue weighted by Crippen LogP contribution is -1.94. The molecule has 0 saturated heterocycles. The van der Waals surface area contributed by atoms with E-state index in [2.05, 4.69) is 29.3 Å². The Bertz CT molecular complexity index is 437. The molecule has 2 rings (SSSR count). The summed E-state index contributed by atoms with van der Waals surface area (Å²) in [6, 6.07) is 6.17. The van der Waals surface area contributed by atoms with Gasteiger partial charge in [0.1, 0.15) is 0 Å². The molecule has 3 nitrogen and oxygen atoms in total. The standard InChI is InChI=1S/C10H11N3/c1-2-7-3-4-9-8(5-7)6-12-13-10(9)11/h3-6H,2H2,1H3,(H2,11,13). The van der Waals surface area contributed by atoms with Gasteiger partial charge in [-0.25, -0.2) is 0 Å². The molecule has 0 spiro atoms. The quantitative estimate of drug-likeness (QED) is 0.715. The van der Waals surface area contributed by atoms with Crippen LogP contribution in [0.3, 0.4) is 0 Å². The van der Waals surface area contributed by atoms with Gasteiger partial charge in [-0.05, 0) is 18.1 Å². The molecule has 1 heterocycles. The first kappa shape index (κ1) is 7.98. The number of fused-ring (bicyclic) bond motifs is 1. The fraction of sp³-hybridized carbons (Fsp3) is 0.200. The van der Waals surface area contributed by atoms with Crippen LogP contribution in [0.5, 0.6) is 0 Å². The molecule has 66 valence electrons. The largest absolute Gasteiger partial charge is 0.382 e. The molecule has 0 radical (unpaired) electrons. The van der Waals surface area contributed by atoms with E-state index in [1.807, 2.05) is 6.07 Å². The second kappa shape index (κ2) is 3.01. The van der Waals surface area contributed by atoms with Gasteiger partial charge in [0.25, 0.3) is 0 Å². The summed E-state index contributed by atoms with van der Waals surface area (Å²) in [7, 11) is 0. The molecule has 0 bridgehead atoms. The second-order valence-electron chi connectivity index (χ2n) is 3.00. The molecule has 0 fully saturated rings. The van der Waals surface area contributed by atoms with Crippen molar-refractivity contribution in [1.29, 1.82) is 0 Å². The molecule has 0 aliphatic rings. The number of rotatable bonds is 1. The zero-order chi connectivity index (χ0) is 9.26. The summed E-state index contributed by atoms with van der Waals surface area (Å²) in [5.41, 5.74) is 6.97. The molecule has 13 heavy (non-hydrogen) atoms. The average Bonchev–Trinajstić information content (AvgIpc) is 2.18. The fourth-order valence-corrected chi connectivity index (χ4v) is 1.38. The van der Waals surface area contributed by atoms with Crippen LogP contribution in [0.1, 0.15) is 12.5 Å². The number of nitrogen functional groups attached to an aromatic ring is 1. The number of hydrogen-bond acceptors (Lipinski definition) is 3. The average molecular weight is 173 g/mol. The lowest BCUT2D eigenvalue weighted by Gasteiger charge is -2.01. The zero-order valence-electron chi connectivity index (χ0n) is 7.49. The van der Waals surface area contributed by atoms with E-state index in [1.54, 1.807) is 6.20 Å². The summed E-state index contributed by atoms with van der Waals surface area (Å²) in [5, 5.41) is 9.64. The topological polar surface area (TPSA) is 51.8 Å². The van der Waals surface area contributed by atoms with Gasteiger partial charge in [-0.3, -0.25) is 0 Å². The molecule has 2 aromatic rings. The van der Waals surface area contributed by atoms with Crippen molar-refractivity contribution in [2.45, 2.75) is 13.3 Å². The number of aromatic nitrogens is 2. The van der Waals surface area contributed by atoms with E-state index < -0.39 is 0 Å². The highest BCUT2D eigenvalue weighted by atomic mass is 15.1. The molecule has 0 aliphatic heterocycles. The molecule has 0 saturated carbocycles. The zero-order valence-corrected chi connectivity index (χ0v) is 7.49. The fourth-order valence-electron chi connectivity index (χ4n) is 1.38. The van der Waals surface area contributed by atoms with E-state index in [4.69, 9.17) is 5.73 Å². The molecule has 0 aliphatic carbocycles. The Hall–Kier alpha value is -1.64. The summed E-state index contributed by atoms with van der Waals surface area (Å²) in [6.07, 6.45) is 2.77. The van der Waals surface area contributed by atoms with E-state index in [1.165, 1.54) is 5.56 Å². The van der Waals surface area contributed by atoms with Crippen LogP contribution >= 0.6 is 0 Å². The van der Waals surface area contributed by atoms with E-state index in [0.717, 1.165) is 17.2 Å². The Morgan fingerprint density at radius 3 is 3.00 bits per heavy atom. The van der Waals surface area contributed by atoms with Crippen molar-refractivity contribution < 1.29 is 0 Å². The first-order chi connectivity index (χ1) is 6.31. The maximum absolute atomic E-state index is 5.67. The molecule has 1 aromatic carbocycles. The summed E-state index contributed by atoms with van der Waals surface area (Å²) in [6.45, 7) is 2.12. The molecular weight excluding hydrogens is 162 g/mol. The number of hydrogen-bond donors (Lipinski definition) is 1. The van der Waals surface area contributed by atoms with Crippen LogP contribution in [-0.2, 0) is 6.42 Å². The van der Waals surface area contributed by atoms with Gasteiger partial charge in [0, 0.05) is 10.8 Å². The Labute approximate surface area is 76.6 Å². The summed E-state index contributed by atoms with van der Waals surface area (Å²) in [5.74, 6) is 0.500. The van der Waals surface area contributed by atoms with Gasteiger partial charge >= 0.3 is 0 Å². The lowest BCUT2D eigenvalue weighted by molar-refractivity contribution is 1.06. The number of aryl methyl sites for hydroxylation is 1. The normalized spacial score (nSPS) is 10.5. The van der Waals surface area contributed by atoms with E-state index in [-0.39, 0.29) is 0 Å². The van der Waals surface area contributed by atoms with Crippen molar-refractivity contribution in [1.82, 2.24) is 10.2 Å². The monoisotopic (exact) mass is 173 g/mol. The summed E-state index contributed by atoms with van der Waals surface area (Å²) < 4.78 is 0. The SMILES string of the molecule is CCc1ccc2c(N)nncc2c1.